The van der Waals surface area contributed by atoms with Crippen molar-refractivity contribution < 1.29 is 0 Å². The number of fused-ring (bicyclic) bond motifs is 1. The van der Waals surface area contributed by atoms with Gasteiger partial charge in [0.15, 0.2) is 0 Å². The molecule has 2 nitrogen and oxygen atoms in total. The highest BCUT2D eigenvalue weighted by Crippen LogP contribution is 2.10. The highest BCUT2D eigenvalue weighted by molar-refractivity contribution is 9.10. The predicted molar refractivity (Wildman–Crippen MR) is 59.1 cm³/mol. The topological polar surface area (TPSA) is 52.0 Å². The van der Waals surface area contributed by atoms with Crippen molar-refractivity contribution in [2.24, 2.45) is 5.73 Å². The average molecular weight is 239 g/mol. The molecule has 0 atom stereocenters. The van der Waals surface area contributed by atoms with E-state index in [0.717, 1.165) is 39.1 Å². The number of rotatable bonds is 0. The normalized spacial score (nSPS) is 15.0. The first-order valence-corrected chi connectivity index (χ1v) is 5.01. The second kappa shape index (κ2) is 3.07. The third kappa shape index (κ3) is 1.44. The Morgan fingerprint density at radius 2 is 2.00 bits per heavy atom. The van der Waals surface area contributed by atoms with Gasteiger partial charge in [0.05, 0.1) is 0 Å². The van der Waals surface area contributed by atoms with Crippen molar-refractivity contribution in [1.29, 1.82) is 0 Å². The number of hydrogen-bond acceptors (Lipinski definition) is 2. The van der Waals surface area contributed by atoms with Crippen LogP contribution in [0.1, 0.15) is 12.8 Å². The van der Waals surface area contributed by atoms with E-state index in [1.807, 2.05) is 6.07 Å². The van der Waals surface area contributed by atoms with Gasteiger partial charge >= 0.3 is 0 Å². The predicted octanol–water partition coefficient (Wildman–Crippen LogP) is 0.672. The fourth-order valence-corrected chi connectivity index (χ4v) is 2.18. The van der Waals surface area contributed by atoms with E-state index < -0.39 is 0 Å². The molecule has 0 spiro atoms. The molecule has 0 saturated heterocycles. The lowest BCUT2D eigenvalue weighted by Crippen LogP contribution is -2.34. The first-order valence-electron chi connectivity index (χ1n) is 4.22. The van der Waals surface area contributed by atoms with Crippen molar-refractivity contribution in [2.75, 3.05) is 5.73 Å². The van der Waals surface area contributed by atoms with Crippen LogP contribution in [0, 0.1) is 0 Å². The van der Waals surface area contributed by atoms with Crippen LogP contribution in [-0.2, 0) is 0 Å². The van der Waals surface area contributed by atoms with Crippen molar-refractivity contribution in [3.05, 3.63) is 27.0 Å². The third-order valence-electron chi connectivity index (χ3n) is 2.26. The number of hydrogen-bond donors (Lipinski definition) is 2. The summed E-state index contributed by atoms with van der Waals surface area (Å²) < 4.78 is 1.01. The van der Waals surface area contributed by atoms with Gasteiger partial charge in [0, 0.05) is 21.1 Å². The zero-order valence-electron chi connectivity index (χ0n) is 7.18. The SMILES string of the molecule is NC1=c2c(N)cc(Br)cc2=CCC1. The van der Waals surface area contributed by atoms with Gasteiger partial charge in [-0.1, -0.05) is 22.0 Å². The van der Waals surface area contributed by atoms with Gasteiger partial charge in [-0.15, -0.1) is 0 Å². The quantitative estimate of drug-likeness (QED) is 0.654. The van der Waals surface area contributed by atoms with Crippen LogP contribution in [0.3, 0.4) is 0 Å². The second-order valence-electron chi connectivity index (χ2n) is 3.23. The Labute approximate surface area is 85.1 Å². The van der Waals surface area contributed by atoms with Crippen molar-refractivity contribution >= 4 is 33.4 Å². The molecule has 2 rings (SSSR count). The molecule has 1 aliphatic carbocycles. The van der Waals surface area contributed by atoms with Crippen LogP contribution in [0.2, 0.25) is 0 Å². The number of nitrogens with two attached hydrogens (primary N) is 2. The Bertz CT molecular complexity index is 463. The van der Waals surface area contributed by atoms with Crippen molar-refractivity contribution in [3.8, 4) is 0 Å². The summed E-state index contributed by atoms with van der Waals surface area (Å²) >= 11 is 3.41. The molecule has 0 heterocycles. The molecule has 0 radical (unpaired) electrons. The second-order valence-corrected chi connectivity index (χ2v) is 4.14. The van der Waals surface area contributed by atoms with Gasteiger partial charge in [0.25, 0.3) is 0 Å². The number of benzene rings is 1. The van der Waals surface area contributed by atoms with Crippen LogP contribution in [0.4, 0.5) is 5.69 Å². The van der Waals surface area contributed by atoms with Crippen LogP contribution in [-0.4, -0.2) is 0 Å². The Hall–Kier alpha value is -0.960. The average Bonchev–Trinajstić information content (AvgIpc) is 2.02. The largest absolute Gasteiger partial charge is 0.401 e. The molecule has 68 valence electrons. The molecule has 1 aliphatic rings. The van der Waals surface area contributed by atoms with E-state index in [1.54, 1.807) is 0 Å². The molecule has 0 aliphatic heterocycles. The van der Waals surface area contributed by atoms with Crippen LogP contribution in [0.5, 0.6) is 0 Å². The zero-order valence-corrected chi connectivity index (χ0v) is 8.76. The Morgan fingerprint density at radius 3 is 2.77 bits per heavy atom. The summed E-state index contributed by atoms with van der Waals surface area (Å²) in [6.45, 7) is 0. The fraction of sp³-hybridized carbons (Fsp3) is 0.200. The Balaban J connectivity index is 2.94. The van der Waals surface area contributed by atoms with E-state index in [2.05, 4.69) is 28.1 Å². The summed E-state index contributed by atoms with van der Waals surface area (Å²) in [5.74, 6) is 0. The van der Waals surface area contributed by atoms with E-state index in [9.17, 15) is 0 Å². The minimum atomic E-state index is 0.762. The minimum Gasteiger partial charge on any atom is -0.401 e. The van der Waals surface area contributed by atoms with Crippen molar-refractivity contribution in [2.45, 2.75) is 12.8 Å². The maximum Gasteiger partial charge on any atom is 0.0422 e. The first kappa shape index (κ1) is 8.63. The van der Waals surface area contributed by atoms with Crippen molar-refractivity contribution in [3.63, 3.8) is 0 Å². The van der Waals surface area contributed by atoms with E-state index in [1.165, 1.54) is 0 Å². The van der Waals surface area contributed by atoms with E-state index in [4.69, 9.17) is 11.5 Å². The van der Waals surface area contributed by atoms with Crippen LogP contribution in [0.15, 0.2) is 16.6 Å². The molecule has 0 aromatic heterocycles. The van der Waals surface area contributed by atoms with Crippen LogP contribution < -0.4 is 21.9 Å². The van der Waals surface area contributed by atoms with Gasteiger partial charge in [-0.3, -0.25) is 0 Å². The lowest BCUT2D eigenvalue weighted by Gasteiger charge is -2.08. The van der Waals surface area contributed by atoms with Gasteiger partial charge in [-0.05, 0) is 30.2 Å². The monoisotopic (exact) mass is 238 g/mol. The molecule has 13 heavy (non-hydrogen) atoms. The fourth-order valence-electron chi connectivity index (χ4n) is 1.69. The standard InChI is InChI=1S/C10H11BrN2/c11-7-4-6-2-1-3-8(12)10(6)9(13)5-7/h2,4-5H,1,3,12-13H2. The van der Waals surface area contributed by atoms with Gasteiger partial charge in [-0.2, -0.15) is 0 Å². The maximum atomic E-state index is 5.90. The first-order chi connectivity index (χ1) is 6.18. The minimum absolute atomic E-state index is 0.762. The summed E-state index contributed by atoms with van der Waals surface area (Å²) in [5, 5.41) is 2.17. The summed E-state index contributed by atoms with van der Waals surface area (Å²) in [5.41, 5.74) is 13.4. The molecule has 0 bridgehead atoms. The lowest BCUT2D eigenvalue weighted by molar-refractivity contribution is 1.05. The molecular weight excluding hydrogens is 228 g/mol. The van der Waals surface area contributed by atoms with E-state index in [-0.39, 0.29) is 0 Å². The summed E-state index contributed by atoms with van der Waals surface area (Å²) in [6.07, 6.45) is 4.10. The molecule has 0 unspecified atom stereocenters. The number of halogens is 1. The molecule has 1 aromatic rings. The van der Waals surface area contributed by atoms with Gasteiger partial charge in [0.1, 0.15) is 0 Å². The molecule has 0 amide bonds. The van der Waals surface area contributed by atoms with E-state index in [0.29, 0.717) is 0 Å². The summed E-state index contributed by atoms with van der Waals surface area (Å²) in [6, 6.07) is 3.95. The van der Waals surface area contributed by atoms with Gasteiger partial charge in [-0.25, -0.2) is 0 Å². The number of nitrogen functional groups attached to an aromatic ring is 1. The maximum absolute atomic E-state index is 5.90. The molecule has 4 N–H and O–H groups in total. The van der Waals surface area contributed by atoms with Crippen LogP contribution >= 0.6 is 15.9 Å². The highest BCUT2D eigenvalue weighted by atomic mass is 79.9. The molecule has 1 aromatic carbocycles. The molecular formula is C10H11BrN2. The van der Waals surface area contributed by atoms with E-state index >= 15 is 0 Å². The van der Waals surface area contributed by atoms with Crippen LogP contribution in [0.25, 0.3) is 11.8 Å². The highest BCUT2D eigenvalue weighted by Gasteiger charge is 2.04. The Morgan fingerprint density at radius 1 is 1.23 bits per heavy atom. The van der Waals surface area contributed by atoms with Crippen molar-refractivity contribution in [1.82, 2.24) is 0 Å². The number of anilines is 1. The molecule has 3 heteroatoms. The Kier molecular flexibility index (Phi) is 2.04. The third-order valence-corrected chi connectivity index (χ3v) is 2.72. The molecule has 0 saturated carbocycles. The van der Waals surface area contributed by atoms with Gasteiger partial charge in [0.2, 0.25) is 0 Å². The summed E-state index contributed by atoms with van der Waals surface area (Å²) in [4.78, 5) is 0. The smallest absolute Gasteiger partial charge is 0.0422 e. The van der Waals surface area contributed by atoms with Gasteiger partial charge < -0.3 is 11.5 Å². The molecule has 0 fully saturated rings. The summed E-state index contributed by atoms with van der Waals surface area (Å²) in [7, 11) is 0. The lowest BCUT2D eigenvalue weighted by atomic mass is 10.0. The zero-order chi connectivity index (χ0) is 9.42.